The van der Waals surface area contributed by atoms with Gasteiger partial charge in [-0.05, 0) is 37.8 Å². The number of hydrogen-bond acceptors (Lipinski definition) is 5. The van der Waals surface area contributed by atoms with Crippen molar-refractivity contribution in [2.75, 3.05) is 5.32 Å². The molecule has 2 aliphatic rings. The standard InChI is InChI=1S/C19H22Cl2N4O2S/c20-13-9-6-10-14(17(13)21)22-16(26)11-15-18(27)23-19(28-15)25-24-12-7-4-2-1-3-5-8-12/h6,9-10,15H,1-5,7-8,11H2,(H,22,26)(H,23,25,27). The molecule has 9 heteroatoms. The lowest BCUT2D eigenvalue weighted by atomic mass is 9.99. The first-order chi connectivity index (χ1) is 13.5. The van der Waals surface area contributed by atoms with Crippen LogP contribution in [0.1, 0.15) is 51.4 Å². The molecule has 0 aromatic heterocycles. The fourth-order valence-corrected chi connectivity index (χ4v) is 4.35. The van der Waals surface area contributed by atoms with E-state index >= 15 is 0 Å². The Balaban J connectivity index is 1.56. The van der Waals surface area contributed by atoms with E-state index in [1.165, 1.54) is 31.0 Å². The second kappa shape index (κ2) is 10.3. The summed E-state index contributed by atoms with van der Waals surface area (Å²) in [4.78, 5) is 24.4. The third-order valence-electron chi connectivity index (χ3n) is 4.59. The van der Waals surface area contributed by atoms with Crippen LogP contribution in [0.4, 0.5) is 5.69 Å². The Labute approximate surface area is 178 Å². The Hall–Kier alpha value is -1.57. The molecule has 1 heterocycles. The quantitative estimate of drug-likeness (QED) is 0.645. The number of thioether (sulfide) groups is 1. The molecule has 3 rings (SSSR count). The van der Waals surface area contributed by atoms with Gasteiger partial charge >= 0.3 is 0 Å². The SMILES string of the molecule is O=C(CC1S/C(=N\N=C2CCCCCCC2)NC1=O)Nc1cccc(Cl)c1Cl. The Morgan fingerprint density at radius 3 is 2.61 bits per heavy atom. The van der Waals surface area contributed by atoms with E-state index in [-0.39, 0.29) is 23.3 Å². The number of amides is 2. The van der Waals surface area contributed by atoms with Gasteiger partial charge in [-0.1, -0.05) is 60.3 Å². The van der Waals surface area contributed by atoms with Gasteiger partial charge in [0.15, 0.2) is 5.17 Å². The summed E-state index contributed by atoms with van der Waals surface area (Å²) in [7, 11) is 0. The topological polar surface area (TPSA) is 82.9 Å². The number of amidine groups is 1. The molecule has 1 aliphatic heterocycles. The molecule has 1 aromatic carbocycles. The monoisotopic (exact) mass is 440 g/mol. The van der Waals surface area contributed by atoms with Gasteiger partial charge < -0.3 is 10.6 Å². The highest BCUT2D eigenvalue weighted by Gasteiger charge is 2.32. The Bertz CT molecular complexity index is 803. The lowest BCUT2D eigenvalue weighted by Crippen LogP contribution is -2.28. The summed E-state index contributed by atoms with van der Waals surface area (Å²) in [5.74, 6) is -0.557. The van der Waals surface area contributed by atoms with Gasteiger partial charge in [0.05, 0.1) is 15.7 Å². The van der Waals surface area contributed by atoms with Crippen molar-refractivity contribution in [1.82, 2.24) is 5.32 Å². The van der Waals surface area contributed by atoms with Gasteiger partial charge in [0.1, 0.15) is 5.25 Å². The number of halogens is 2. The van der Waals surface area contributed by atoms with Gasteiger partial charge in [-0.25, -0.2) is 0 Å². The molecule has 0 spiro atoms. The average Bonchev–Trinajstić information content (AvgIpc) is 2.97. The molecular formula is C19H22Cl2N4O2S. The Morgan fingerprint density at radius 1 is 1.14 bits per heavy atom. The molecule has 1 aromatic rings. The third-order valence-corrected chi connectivity index (χ3v) is 6.48. The second-order valence-electron chi connectivity index (χ2n) is 6.79. The van der Waals surface area contributed by atoms with E-state index in [0.29, 0.717) is 15.9 Å². The number of rotatable bonds is 4. The van der Waals surface area contributed by atoms with Crippen LogP contribution in [0, 0.1) is 0 Å². The molecule has 150 valence electrons. The van der Waals surface area contributed by atoms with Crippen LogP contribution in [0.2, 0.25) is 10.0 Å². The molecule has 0 radical (unpaired) electrons. The van der Waals surface area contributed by atoms with E-state index in [1.807, 2.05) is 0 Å². The number of nitrogens with zero attached hydrogens (tertiary/aromatic N) is 2. The Kier molecular flexibility index (Phi) is 7.76. The smallest absolute Gasteiger partial charge is 0.240 e. The van der Waals surface area contributed by atoms with E-state index in [4.69, 9.17) is 23.2 Å². The van der Waals surface area contributed by atoms with Gasteiger partial charge in [0.25, 0.3) is 0 Å². The van der Waals surface area contributed by atoms with Crippen molar-refractivity contribution < 1.29 is 9.59 Å². The summed E-state index contributed by atoms with van der Waals surface area (Å²) in [6, 6.07) is 4.99. The van der Waals surface area contributed by atoms with Crippen molar-refractivity contribution in [1.29, 1.82) is 0 Å². The first-order valence-electron chi connectivity index (χ1n) is 9.37. The van der Waals surface area contributed by atoms with Crippen molar-refractivity contribution in [3.8, 4) is 0 Å². The van der Waals surface area contributed by atoms with Gasteiger partial charge in [0, 0.05) is 12.1 Å². The fourth-order valence-electron chi connectivity index (χ4n) is 3.09. The number of carbonyl (C=O) groups excluding carboxylic acids is 2. The van der Waals surface area contributed by atoms with Gasteiger partial charge in [0.2, 0.25) is 11.8 Å². The first kappa shape index (κ1) is 21.1. The zero-order valence-electron chi connectivity index (χ0n) is 15.3. The van der Waals surface area contributed by atoms with Gasteiger partial charge in [-0.15, -0.1) is 5.10 Å². The number of hydrogen-bond donors (Lipinski definition) is 2. The average molecular weight is 441 g/mol. The summed E-state index contributed by atoms with van der Waals surface area (Å²) >= 11 is 13.3. The van der Waals surface area contributed by atoms with Crippen LogP contribution < -0.4 is 10.6 Å². The van der Waals surface area contributed by atoms with Crippen LogP contribution in [0.5, 0.6) is 0 Å². The number of carbonyl (C=O) groups is 2. The van der Waals surface area contributed by atoms with Crippen LogP contribution in [-0.2, 0) is 9.59 Å². The molecule has 6 nitrogen and oxygen atoms in total. The highest BCUT2D eigenvalue weighted by Crippen LogP contribution is 2.30. The maximum atomic E-state index is 12.3. The number of anilines is 1. The summed E-state index contributed by atoms with van der Waals surface area (Å²) in [5.41, 5.74) is 1.51. The maximum absolute atomic E-state index is 12.3. The summed E-state index contributed by atoms with van der Waals surface area (Å²) in [6.07, 6.45) is 7.95. The third kappa shape index (κ3) is 5.96. The molecule has 1 unspecified atom stereocenters. The molecule has 1 saturated heterocycles. The minimum absolute atomic E-state index is 0.00886. The maximum Gasteiger partial charge on any atom is 0.240 e. The zero-order valence-corrected chi connectivity index (χ0v) is 17.7. The number of benzene rings is 1. The van der Waals surface area contributed by atoms with E-state index < -0.39 is 5.25 Å². The minimum Gasteiger partial charge on any atom is -0.325 e. The van der Waals surface area contributed by atoms with Gasteiger partial charge in [-0.3, -0.25) is 9.59 Å². The van der Waals surface area contributed by atoms with Crippen molar-refractivity contribution in [2.45, 2.75) is 56.6 Å². The zero-order chi connectivity index (χ0) is 19.9. The fraction of sp³-hybridized carbons (Fsp3) is 0.474. The Morgan fingerprint density at radius 2 is 1.86 bits per heavy atom. The largest absolute Gasteiger partial charge is 0.325 e. The van der Waals surface area contributed by atoms with Crippen molar-refractivity contribution in [3.05, 3.63) is 28.2 Å². The highest BCUT2D eigenvalue weighted by molar-refractivity contribution is 8.15. The normalized spacial score (nSPS) is 21.8. The predicted octanol–water partition coefficient (Wildman–Crippen LogP) is 5.01. The van der Waals surface area contributed by atoms with Crippen LogP contribution in [-0.4, -0.2) is 27.9 Å². The molecule has 2 N–H and O–H groups in total. The lowest BCUT2D eigenvalue weighted by Gasteiger charge is -2.09. The second-order valence-corrected chi connectivity index (χ2v) is 8.77. The van der Waals surface area contributed by atoms with Crippen LogP contribution in [0.3, 0.4) is 0 Å². The van der Waals surface area contributed by atoms with Gasteiger partial charge in [-0.2, -0.15) is 5.10 Å². The van der Waals surface area contributed by atoms with E-state index in [9.17, 15) is 9.59 Å². The molecular weight excluding hydrogens is 419 g/mol. The molecule has 1 aliphatic carbocycles. The minimum atomic E-state index is -0.547. The van der Waals surface area contributed by atoms with E-state index in [0.717, 1.165) is 31.4 Å². The molecule has 0 bridgehead atoms. The van der Waals surface area contributed by atoms with Crippen molar-refractivity contribution in [2.24, 2.45) is 10.2 Å². The van der Waals surface area contributed by atoms with E-state index in [2.05, 4.69) is 20.8 Å². The first-order valence-corrected chi connectivity index (χ1v) is 11.0. The molecule has 2 fully saturated rings. The predicted molar refractivity (Wildman–Crippen MR) is 116 cm³/mol. The molecule has 28 heavy (non-hydrogen) atoms. The lowest BCUT2D eigenvalue weighted by molar-refractivity contribution is -0.122. The van der Waals surface area contributed by atoms with Crippen LogP contribution >= 0.6 is 35.0 Å². The number of nitrogens with one attached hydrogen (secondary N) is 2. The summed E-state index contributed by atoms with van der Waals surface area (Å²) in [5, 5.41) is 14.5. The highest BCUT2D eigenvalue weighted by atomic mass is 35.5. The molecule has 2 amide bonds. The van der Waals surface area contributed by atoms with Crippen molar-refractivity contribution in [3.63, 3.8) is 0 Å². The van der Waals surface area contributed by atoms with Crippen molar-refractivity contribution >= 4 is 63.3 Å². The summed E-state index contributed by atoms with van der Waals surface area (Å²) in [6.45, 7) is 0. The molecule has 1 atom stereocenters. The van der Waals surface area contributed by atoms with Crippen LogP contribution in [0.15, 0.2) is 28.4 Å². The summed E-state index contributed by atoms with van der Waals surface area (Å²) < 4.78 is 0. The van der Waals surface area contributed by atoms with E-state index in [1.54, 1.807) is 18.2 Å². The molecule has 1 saturated carbocycles. The van der Waals surface area contributed by atoms with Crippen LogP contribution in [0.25, 0.3) is 0 Å².